The van der Waals surface area contributed by atoms with Crippen LogP contribution in [0.2, 0.25) is 5.02 Å². The third-order valence-electron chi connectivity index (χ3n) is 10.9. The lowest BCUT2D eigenvalue weighted by Gasteiger charge is -2.49. The summed E-state index contributed by atoms with van der Waals surface area (Å²) >= 11 is 6.31. The van der Waals surface area contributed by atoms with Crippen molar-refractivity contribution in [3.63, 3.8) is 0 Å². The highest BCUT2D eigenvalue weighted by atomic mass is 35.5. The maximum atomic E-state index is 14.5. The fraction of sp³-hybridized carbons (Fsp3) is 0.771. The van der Waals surface area contributed by atoms with Gasteiger partial charge in [-0.15, -0.1) is 10.8 Å². The van der Waals surface area contributed by atoms with Crippen LogP contribution in [0, 0.1) is 11.8 Å². The second kappa shape index (κ2) is 16.5. The molecule has 4 fully saturated rings. The van der Waals surface area contributed by atoms with E-state index in [4.69, 9.17) is 21.1 Å². The number of nitrogens with one attached hydrogen (secondary N) is 3. The quantitative estimate of drug-likeness (QED) is 0.130. The fourth-order valence-corrected chi connectivity index (χ4v) is 10.5. The normalized spacial score (nSPS) is 32.0. The summed E-state index contributed by atoms with van der Waals surface area (Å²) in [6.45, 7) is 6.85. The summed E-state index contributed by atoms with van der Waals surface area (Å²) in [7, 11) is -1.34. The van der Waals surface area contributed by atoms with Gasteiger partial charge in [0, 0.05) is 55.2 Å². The van der Waals surface area contributed by atoms with Crippen molar-refractivity contribution < 1.29 is 28.2 Å². The van der Waals surface area contributed by atoms with E-state index in [-0.39, 0.29) is 47.8 Å². The van der Waals surface area contributed by atoms with Crippen molar-refractivity contribution in [1.82, 2.24) is 20.3 Å². The number of methoxy groups -OCH3 is 1. The molecule has 1 aromatic rings. The number of piperazine rings is 1. The van der Waals surface area contributed by atoms with Gasteiger partial charge in [0.05, 0.1) is 24.5 Å². The Bertz CT molecular complexity index is 1190. The average molecular weight is 697 g/mol. The van der Waals surface area contributed by atoms with Crippen LogP contribution >= 0.6 is 22.4 Å². The Kier molecular flexibility index (Phi) is 12.9. The molecule has 266 valence electrons. The Hall–Kier alpha value is -1.44. The predicted octanol–water partition coefficient (Wildman–Crippen LogP) is 5.71. The van der Waals surface area contributed by atoms with Gasteiger partial charge in [0.25, 0.3) is 0 Å². The van der Waals surface area contributed by atoms with Crippen LogP contribution in [0.3, 0.4) is 0 Å². The van der Waals surface area contributed by atoms with Crippen molar-refractivity contribution in [1.29, 1.82) is 0 Å². The van der Waals surface area contributed by atoms with E-state index in [1.807, 2.05) is 28.6 Å². The molecule has 4 aliphatic rings. The number of hydrogen-bond donors (Lipinski definition) is 5. The molecule has 10 nitrogen and oxygen atoms in total. The number of carbonyl (C=O) groups is 2. The predicted molar refractivity (Wildman–Crippen MR) is 188 cm³/mol. The van der Waals surface area contributed by atoms with Crippen molar-refractivity contribution in [2.24, 2.45) is 11.8 Å². The third kappa shape index (κ3) is 9.84. The highest BCUT2D eigenvalue weighted by molar-refractivity contribution is 8.22. The van der Waals surface area contributed by atoms with Crippen LogP contribution in [0.1, 0.15) is 96.0 Å². The number of ether oxygens (including phenoxy) is 2. The standard InChI is InChI=1S/C35H57ClN4O6S/c1-35(2)21-26(17-19-46-35)32(25-11-14-27(36)15-12-25)33(37-18-5-10-31(41)45-3)34(42)39-30-9-4-7-24(30)13-16-29-22-38-28-8-6-20-47(43,44)40(29)23-28/h11-12,14-15,24,26,28-30,32-33,37-38,43-44H,4-10,13,16-23H2,1-3H3,(H,39,42)/t24-,26?,28-,29+,30+,32+,33+/m1/s1. The number of halogens is 1. The Balaban J connectivity index is 1.31. The number of rotatable bonds is 13. The Morgan fingerprint density at radius 3 is 2.68 bits per heavy atom. The lowest BCUT2D eigenvalue weighted by atomic mass is 9.73. The van der Waals surface area contributed by atoms with Crippen LogP contribution in [-0.2, 0) is 19.1 Å². The molecule has 1 amide bonds. The van der Waals surface area contributed by atoms with Gasteiger partial charge in [-0.05, 0) is 108 Å². The molecule has 0 spiro atoms. The summed E-state index contributed by atoms with van der Waals surface area (Å²) in [4.78, 5) is 26.3. The van der Waals surface area contributed by atoms with E-state index in [1.165, 1.54) is 7.11 Å². The van der Waals surface area contributed by atoms with Gasteiger partial charge in [-0.2, -0.15) is 0 Å². The number of nitrogens with zero attached hydrogens (tertiary/aromatic N) is 1. The number of amides is 1. The van der Waals surface area contributed by atoms with Crippen LogP contribution in [0.25, 0.3) is 0 Å². The van der Waals surface area contributed by atoms with Crippen molar-refractivity contribution in [2.45, 2.75) is 120 Å². The summed E-state index contributed by atoms with van der Waals surface area (Å²) in [5, 5.41) is 11.4. The number of hydrogen-bond acceptors (Lipinski definition) is 9. The van der Waals surface area contributed by atoms with Crippen LogP contribution in [-0.4, -0.2) is 94.2 Å². The molecule has 0 aromatic heterocycles. The molecule has 2 unspecified atom stereocenters. The molecule has 1 aromatic carbocycles. The molecule has 1 saturated carbocycles. The summed E-state index contributed by atoms with van der Waals surface area (Å²) in [6, 6.07) is 7.85. The number of benzene rings is 1. The molecule has 1 aliphatic carbocycles. The topological polar surface area (TPSA) is 132 Å². The van der Waals surface area contributed by atoms with E-state index < -0.39 is 16.8 Å². The maximum absolute atomic E-state index is 14.5. The van der Waals surface area contributed by atoms with E-state index in [9.17, 15) is 18.7 Å². The van der Waals surface area contributed by atoms with Crippen LogP contribution in [0.4, 0.5) is 0 Å². The Morgan fingerprint density at radius 2 is 1.94 bits per heavy atom. The van der Waals surface area contributed by atoms with Crippen molar-refractivity contribution >= 4 is 34.3 Å². The minimum Gasteiger partial charge on any atom is -0.469 e. The van der Waals surface area contributed by atoms with Gasteiger partial charge in [-0.25, -0.2) is 4.31 Å². The lowest BCUT2D eigenvalue weighted by molar-refractivity contribution is -0.140. The monoisotopic (exact) mass is 696 g/mol. The van der Waals surface area contributed by atoms with Gasteiger partial charge in [0.1, 0.15) is 0 Å². The van der Waals surface area contributed by atoms with Gasteiger partial charge in [0.15, 0.2) is 0 Å². The van der Waals surface area contributed by atoms with Crippen molar-refractivity contribution in [2.75, 3.05) is 39.1 Å². The van der Waals surface area contributed by atoms with Gasteiger partial charge < -0.3 is 25.4 Å². The first-order chi connectivity index (χ1) is 22.5. The molecule has 5 rings (SSSR count). The minimum absolute atomic E-state index is 0.00640. The zero-order valence-electron chi connectivity index (χ0n) is 28.4. The molecule has 12 heteroatoms. The van der Waals surface area contributed by atoms with Gasteiger partial charge >= 0.3 is 5.97 Å². The van der Waals surface area contributed by atoms with E-state index in [0.717, 1.165) is 69.9 Å². The van der Waals surface area contributed by atoms with Gasteiger partial charge in [-0.1, -0.05) is 30.2 Å². The van der Waals surface area contributed by atoms with E-state index in [2.05, 4.69) is 29.8 Å². The van der Waals surface area contributed by atoms with E-state index in [1.54, 1.807) is 0 Å². The molecule has 3 saturated heterocycles. The first-order valence-electron chi connectivity index (χ1n) is 17.7. The smallest absolute Gasteiger partial charge is 0.305 e. The van der Waals surface area contributed by atoms with Crippen LogP contribution < -0.4 is 16.0 Å². The highest BCUT2D eigenvalue weighted by Crippen LogP contribution is 2.49. The second-order valence-electron chi connectivity index (χ2n) is 14.8. The lowest BCUT2D eigenvalue weighted by Crippen LogP contribution is -2.56. The van der Waals surface area contributed by atoms with Gasteiger partial charge in [-0.3, -0.25) is 18.7 Å². The van der Waals surface area contributed by atoms with E-state index >= 15 is 0 Å². The SMILES string of the molecule is COC(=O)CCCN[C@H](C(=O)N[C@H]1CCC[C@@H]1CC[C@H]1CN[C@@H]2CCCS(O)(O)N1C2)[C@@H](c1ccc(Cl)cc1)C1CCOC(C)(C)C1. The van der Waals surface area contributed by atoms with E-state index in [0.29, 0.717) is 48.9 Å². The zero-order chi connectivity index (χ0) is 33.6. The average Bonchev–Trinajstić information content (AvgIpc) is 3.43. The fourth-order valence-electron chi connectivity index (χ4n) is 8.51. The molecular formula is C35H57ClN4O6S. The molecule has 5 N–H and O–H groups in total. The molecule has 0 radical (unpaired) electrons. The summed E-state index contributed by atoms with van der Waals surface area (Å²) in [6.07, 6.45) is 9.20. The first kappa shape index (κ1) is 36.8. The number of fused-ring (bicyclic) bond motifs is 2. The minimum atomic E-state index is -2.74. The summed E-state index contributed by atoms with van der Waals surface area (Å²) < 4.78 is 34.8. The maximum Gasteiger partial charge on any atom is 0.305 e. The van der Waals surface area contributed by atoms with Gasteiger partial charge in [0.2, 0.25) is 5.91 Å². The first-order valence-corrected chi connectivity index (χ1v) is 19.8. The Labute approximate surface area is 287 Å². The molecule has 3 aliphatic heterocycles. The molecule has 2 bridgehead atoms. The van der Waals surface area contributed by atoms with Crippen LogP contribution in [0.5, 0.6) is 0 Å². The molecular weight excluding hydrogens is 640 g/mol. The van der Waals surface area contributed by atoms with Crippen molar-refractivity contribution in [3.8, 4) is 0 Å². The third-order valence-corrected chi connectivity index (χ3v) is 13.2. The molecule has 3 heterocycles. The largest absolute Gasteiger partial charge is 0.469 e. The second-order valence-corrected chi connectivity index (χ2v) is 17.3. The summed E-state index contributed by atoms with van der Waals surface area (Å²) in [5.41, 5.74) is 0.778. The molecule has 47 heavy (non-hydrogen) atoms. The number of carbonyl (C=O) groups excluding carboxylic acids is 2. The van der Waals surface area contributed by atoms with Crippen LogP contribution in [0.15, 0.2) is 24.3 Å². The van der Waals surface area contributed by atoms with Crippen molar-refractivity contribution in [3.05, 3.63) is 34.9 Å². The summed E-state index contributed by atoms with van der Waals surface area (Å²) in [5.74, 6) is 0.625. The zero-order valence-corrected chi connectivity index (χ0v) is 30.0. The number of esters is 1. The molecule has 8 atom stereocenters. The highest BCUT2D eigenvalue weighted by Gasteiger charge is 2.42. The Morgan fingerprint density at radius 1 is 1.15 bits per heavy atom.